The predicted octanol–water partition coefficient (Wildman–Crippen LogP) is 0.812. The van der Waals surface area contributed by atoms with E-state index in [1.807, 2.05) is 11.9 Å². The number of likely N-dealkylation sites (N-methyl/N-ethyl adjacent to an activating group) is 1. The second-order valence-corrected chi connectivity index (χ2v) is 4.41. The molecule has 1 aliphatic carbocycles. The van der Waals surface area contributed by atoms with Crippen LogP contribution in [0, 0.1) is 0 Å². The van der Waals surface area contributed by atoms with Crippen molar-refractivity contribution in [3.05, 3.63) is 46.7 Å². The summed E-state index contributed by atoms with van der Waals surface area (Å²) in [6, 6.07) is 6.99. The Morgan fingerprint density at radius 1 is 1.12 bits per heavy atom. The standard InChI is InChI=1S/C13H12N2O2/c1-15-6-10-11(14-7-15)13(17)9-5-3-2-4-8(9)12(10)16/h2-5,14H,6-7H2,1H3. The molecule has 3 rings (SSSR count). The van der Waals surface area contributed by atoms with Gasteiger partial charge in [0.2, 0.25) is 5.78 Å². The smallest absolute Gasteiger partial charge is 0.210 e. The predicted molar refractivity (Wildman–Crippen MR) is 62.8 cm³/mol. The minimum Gasteiger partial charge on any atom is -0.369 e. The molecule has 2 aliphatic rings. The molecule has 0 atom stereocenters. The van der Waals surface area contributed by atoms with Crippen LogP contribution in [0.3, 0.4) is 0 Å². The summed E-state index contributed by atoms with van der Waals surface area (Å²) in [6.07, 6.45) is 0. The minimum absolute atomic E-state index is 0.0331. The number of allylic oxidation sites excluding steroid dienone is 1. The number of Topliss-reactive ketones (excluding diaryl/α,β-unsaturated/α-hetero) is 2. The Balaban J connectivity index is 2.17. The highest BCUT2D eigenvalue weighted by molar-refractivity contribution is 6.26. The molecule has 4 heteroatoms. The molecule has 0 spiro atoms. The average Bonchev–Trinajstić information content (AvgIpc) is 2.36. The number of benzene rings is 1. The van der Waals surface area contributed by atoms with Crippen molar-refractivity contribution in [3.63, 3.8) is 0 Å². The first-order valence-corrected chi connectivity index (χ1v) is 5.52. The van der Waals surface area contributed by atoms with E-state index in [4.69, 9.17) is 0 Å². The molecule has 17 heavy (non-hydrogen) atoms. The molecule has 1 aromatic carbocycles. The van der Waals surface area contributed by atoms with Gasteiger partial charge in [-0.25, -0.2) is 0 Å². The molecule has 1 aromatic rings. The Labute approximate surface area is 98.9 Å². The van der Waals surface area contributed by atoms with Gasteiger partial charge in [-0.15, -0.1) is 0 Å². The zero-order chi connectivity index (χ0) is 12.0. The van der Waals surface area contributed by atoms with Crippen LogP contribution in [0.4, 0.5) is 0 Å². The number of carbonyl (C=O) groups is 2. The Bertz CT molecular complexity index is 560. The number of hydrogen-bond donors (Lipinski definition) is 1. The van der Waals surface area contributed by atoms with Crippen LogP contribution in [-0.2, 0) is 0 Å². The number of nitrogens with zero attached hydrogens (tertiary/aromatic N) is 1. The van der Waals surface area contributed by atoms with Crippen LogP contribution >= 0.6 is 0 Å². The Kier molecular flexibility index (Phi) is 2.12. The number of fused-ring (bicyclic) bond motifs is 1. The normalized spacial score (nSPS) is 19.8. The number of ketones is 2. The molecule has 4 nitrogen and oxygen atoms in total. The van der Waals surface area contributed by atoms with Gasteiger partial charge in [0.1, 0.15) is 0 Å². The van der Waals surface area contributed by atoms with E-state index in [0.717, 1.165) is 0 Å². The minimum atomic E-state index is -0.0664. The lowest BCUT2D eigenvalue weighted by atomic mass is 9.86. The lowest BCUT2D eigenvalue weighted by molar-refractivity contribution is 0.0948. The van der Waals surface area contributed by atoms with E-state index in [9.17, 15) is 9.59 Å². The van der Waals surface area contributed by atoms with E-state index in [0.29, 0.717) is 35.6 Å². The first kappa shape index (κ1) is 10.2. The molecule has 0 fully saturated rings. The Hall–Kier alpha value is -1.94. The van der Waals surface area contributed by atoms with Gasteiger partial charge >= 0.3 is 0 Å². The van der Waals surface area contributed by atoms with E-state index in [-0.39, 0.29) is 11.6 Å². The maximum Gasteiger partial charge on any atom is 0.210 e. The summed E-state index contributed by atoms with van der Waals surface area (Å²) in [5, 5.41) is 3.03. The Morgan fingerprint density at radius 3 is 2.47 bits per heavy atom. The first-order valence-electron chi connectivity index (χ1n) is 5.52. The summed E-state index contributed by atoms with van der Waals surface area (Å²) in [4.78, 5) is 26.4. The maximum atomic E-state index is 12.3. The second-order valence-electron chi connectivity index (χ2n) is 4.41. The van der Waals surface area contributed by atoms with E-state index < -0.39 is 0 Å². The summed E-state index contributed by atoms with van der Waals surface area (Å²) in [5.41, 5.74) is 2.09. The third-order valence-corrected chi connectivity index (χ3v) is 3.17. The van der Waals surface area contributed by atoms with Gasteiger partial charge in [0.05, 0.1) is 12.4 Å². The summed E-state index contributed by atoms with van der Waals surface area (Å²) in [5.74, 6) is -0.0995. The second kappa shape index (κ2) is 3.53. The highest BCUT2D eigenvalue weighted by Crippen LogP contribution is 2.26. The van der Waals surface area contributed by atoms with Crippen molar-refractivity contribution < 1.29 is 9.59 Å². The largest absolute Gasteiger partial charge is 0.369 e. The van der Waals surface area contributed by atoms with E-state index in [1.165, 1.54) is 0 Å². The molecule has 1 N–H and O–H groups in total. The fourth-order valence-electron chi connectivity index (χ4n) is 2.30. The summed E-state index contributed by atoms with van der Waals surface area (Å²) >= 11 is 0. The number of hydrogen-bond acceptors (Lipinski definition) is 4. The zero-order valence-electron chi connectivity index (χ0n) is 9.49. The van der Waals surface area contributed by atoms with Gasteiger partial charge in [0.15, 0.2) is 5.78 Å². The monoisotopic (exact) mass is 228 g/mol. The Morgan fingerprint density at radius 2 is 1.76 bits per heavy atom. The van der Waals surface area contributed by atoms with Gasteiger partial charge < -0.3 is 5.32 Å². The molecule has 86 valence electrons. The van der Waals surface area contributed by atoms with Gasteiger partial charge in [-0.05, 0) is 7.05 Å². The van der Waals surface area contributed by atoms with E-state index in [2.05, 4.69) is 5.32 Å². The van der Waals surface area contributed by atoms with Gasteiger partial charge in [-0.3, -0.25) is 14.5 Å². The van der Waals surface area contributed by atoms with Crippen LogP contribution < -0.4 is 5.32 Å². The van der Waals surface area contributed by atoms with E-state index in [1.54, 1.807) is 24.3 Å². The molecule has 0 bridgehead atoms. The highest BCUT2D eigenvalue weighted by Gasteiger charge is 2.34. The molecule has 1 heterocycles. The zero-order valence-corrected chi connectivity index (χ0v) is 9.49. The van der Waals surface area contributed by atoms with Crippen molar-refractivity contribution in [1.29, 1.82) is 0 Å². The maximum absolute atomic E-state index is 12.3. The van der Waals surface area contributed by atoms with Crippen molar-refractivity contribution in [2.24, 2.45) is 0 Å². The average molecular weight is 228 g/mol. The first-order chi connectivity index (χ1) is 8.18. The number of rotatable bonds is 0. The topological polar surface area (TPSA) is 49.4 Å². The summed E-state index contributed by atoms with van der Waals surface area (Å²) < 4.78 is 0. The molecular weight excluding hydrogens is 216 g/mol. The number of nitrogens with one attached hydrogen (secondary N) is 1. The fourth-order valence-corrected chi connectivity index (χ4v) is 2.30. The lowest BCUT2D eigenvalue weighted by Gasteiger charge is -2.30. The molecule has 0 unspecified atom stereocenters. The van der Waals surface area contributed by atoms with Gasteiger partial charge in [0.25, 0.3) is 0 Å². The van der Waals surface area contributed by atoms with Crippen molar-refractivity contribution >= 4 is 11.6 Å². The van der Waals surface area contributed by atoms with Crippen LogP contribution in [0.25, 0.3) is 0 Å². The van der Waals surface area contributed by atoms with Crippen LogP contribution in [-0.4, -0.2) is 36.7 Å². The highest BCUT2D eigenvalue weighted by atomic mass is 16.1. The van der Waals surface area contributed by atoms with Crippen molar-refractivity contribution in [2.45, 2.75) is 0 Å². The molecule has 0 aromatic heterocycles. The SMILES string of the molecule is CN1CNC2=C(C1)C(=O)c1ccccc1C2=O. The molecule has 0 radical (unpaired) electrons. The molecule has 0 saturated heterocycles. The van der Waals surface area contributed by atoms with Crippen LogP contribution in [0.2, 0.25) is 0 Å². The third-order valence-electron chi connectivity index (χ3n) is 3.17. The van der Waals surface area contributed by atoms with Gasteiger partial charge in [-0.2, -0.15) is 0 Å². The molecular formula is C13H12N2O2. The summed E-state index contributed by atoms with van der Waals surface area (Å²) in [6.45, 7) is 1.13. The van der Waals surface area contributed by atoms with Crippen molar-refractivity contribution in [3.8, 4) is 0 Å². The van der Waals surface area contributed by atoms with Crippen molar-refractivity contribution in [1.82, 2.24) is 10.2 Å². The van der Waals surface area contributed by atoms with Crippen LogP contribution in [0.15, 0.2) is 35.5 Å². The number of carbonyl (C=O) groups excluding carboxylic acids is 2. The van der Waals surface area contributed by atoms with Crippen LogP contribution in [0.5, 0.6) is 0 Å². The summed E-state index contributed by atoms with van der Waals surface area (Å²) in [7, 11) is 1.91. The lowest BCUT2D eigenvalue weighted by Crippen LogP contribution is -2.44. The van der Waals surface area contributed by atoms with Gasteiger partial charge in [-0.1, -0.05) is 24.3 Å². The molecule has 0 saturated carbocycles. The van der Waals surface area contributed by atoms with Gasteiger partial charge in [0, 0.05) is 23.2 Å². The van der Waals surface area contributed by atoms with Crippen molar-refractivity contribution in [2.75, 3.05) is 20.3 Å². The molecule has 0 amide bonds. The quantitative estimate of drug-likeness (QED) is 0.714. The van der Waals surface area contributed by atoms with Crippen LogP contribution in [0.1, 0.15) is 20.7 Å². The fraction of sp³-hybridized carbons (Fsp3) is 0.231. The molecule has 1 aliphatic heterocycles. The van der Waals surface area contributed by atoms with E-state index >= 15 is 0 Å². The third kappa shape index (κ3) is 1.41.